The van der Waals surface area contributed by atoms with Crippen LogP contribution in [0, 0.1) is 17.5 Å². The van der Waals surface area contributed by atoms with Crippen molar-refractivity contribution in [2.45, 2.75) is 83.4 Å². The first kappa shape index (κ1) is 35.2. The highest BCUT2D eigenvalue weighted by molar-refractivity contribution is 5.95. The van der Waals surface area contributed by atoms with Crippen molar-refractivity contribution in [1.82, 2.24) is 25.2 Å². The second kappa shape index (κ2) is 14.4. The van der Waals surface area contributed by atoms with Crippen molar-refractivity contribution in [1.29, 1.82) is 0 Å². The van der Waals surface area contributed by atoms with Gasteiger partial charge < -0.3 is 26.3 Å². The number of aromatic nitrogens is 3. The molecular formula is C30H38F7N7O2. The van der Waals surface area contributed by atoms with Crippen molar-refractivity contribution >= 4 is 22.4 Å². The molecule has 0 amide bonds. The van der Waals surface area contributed by atoms with Crippen molar-refractivity contribution in [2.24, 2.45) is 0 Å². The second-order valence-electron chi connectivity index (χ2n) is 11.1. The van der Waals surface area contributed by atoms with Crippen molar-refractivity contribution in [3.8, 4) is 23.1 Å². The number of rotatable bonds is 6. The summed E-state index contributed by atoms with van der Waals surface area (Å²) < 4.78 is 108. The molecule has 0 spiro atoms. The van der Waals surface area contributed by atoms with Gasteiger partial charge in [0.05, 0.1) is 18.9 Å². The van der Waals surface area contributed by atoms with E-state index in [0.717, 1.165) is 25.9 Å². The summed E-state index contributed by atoms with van der Waals surface area (Å²) in [7, 11) is 1.17. The lowest BCUT2D eigenvalue weighted by Gasteiger charge is -2.30. The van der Waals surface area contributed by atoms with E-state index >= 15 is 4.39 Å². The molecule has 5 heterocycles. The lowest BCUT2D eigenvalue weighted by Crippen LogP contribution is -2.45. The van der Waals surface area contributed by atoms with Gasteiger partial charge in [-0.15, -0.1) is 0 Å². The van der Waals surface area contributed by atoms with Crippen LogP contribution in [0.15, 0.2) is 6.07 Å². The van der Waals surface area contributed by atoms with E-state index in [9.17, 15) is 26.3 Å². The van der Waals surface area contributed by atoms with E-state index in [-0.39, 0.29) is 29.1 Å². The first-order chi connectivity index (χ1) is 21.8. The fourth-order valence-corrected chi connectivity index (χ4v) is 5.83. The van der Waals surface area contributed by atoms with Gasteiger partial charge in [-0.1, -0.05) is 13.8 Å². The van der Waals surface area contributed by atoms with Crippen LogP contribution in [0.3, 0.4) is 0 Å². The number of nitrogen functional groups attached to an aromatic ring is 2. The average Bonchev–Trinajstić information content (AvgIpc) is 3.56. The molecule has 3 aliphatic heterocycles. The van der Waals surface area contributed by atoms with Gasteiger partial charge in [0, 0.05) is 24.2 Å². The Morgan fingerprint density at radius 2 is 1.76 bits per heavy atom. The first-order valence-electron chi connectivity index (χ1n) is 15.1. The Kier molecular flexibility index (Phi) is 11.0. The Morgan fingerprint density at radius 1 is 1.07 bits per heavy atom. The fraction of sp³-hybridized carbons (Fsp3) is 0.567. The molecule has 2 aromatic heterocycles. The lowest BCUT2D eigenvalue weighted by molar-refractivity contribution is -0.139. The van der Waals surface area contributed by atoms with Crippen LogP contribution < -0.4 is 26.3 Å². The monoisotopic (exact) mass is 661 g/mol. The molecular weight excluding hydrogens is 623 g/mol. The highest BCUT2D eigenvalue weighted by atomic mass is 19.4. The zero-order chi connectivity index (χ0) is 33.9. The van der Waals surface area contributed by atoms with Crippen molar-refractivity contribution < 1.29 is 40.2 Å². The predicted octanol–water partition coefficient (Wildman–Crippen LogP) is 6.04. The Labute approximate surface area is 261 Å². The van der Waals surface area contributed by atoms with Crippen LogP contribution in [0.4, 0.5) is 42.2 Å². The van der Waals surface area contributed by atoms with E-state index < -0.39 is 63.9 Å². The molecule has 5 N–H and O–H groups in total. The van der Waals surface area contributed by atoms with E-state index in [2.05, 4.69) is 25.2 Å². The summed E-state index contributed by atoms with van der Waals surface area (Å²) in [5.74, 6) is -6.33. The van der Waals surface area contributed by atoms with Gasteiger partial charge in [-0.25, -0.2) is 22.5 Å². The van der Waals surface area contributed by atoms with Crippen molar-refractivity contribution in [2.75, 3.05) is 38.2 Å². The lowest BCUT2D eigenvalue weighted by atomic mass is 9.99. The van der Waals surface area contributed by atoms with E-state index in [1.807, 2.05) is 13.8 Å². The molecule has 0 saturated carbocycles. The van der Waals surface area contributed by atoms with Crippen molar-refractivity contribution in [3.05, 3.63) is 29.1 Å². The van der Waals surface area contributed by atoms with Crippen LogP contribution in [-0.4, -0.2) is 71.0 Å². The van der Waals surface area contributed by atoms with Crippen LogP contribution in [0.5, 0.6) is 11.9 Å². The minimum absolute atomic E-state index is 0.146. The predicted molar refractivity (Wildman–Crippen MR) is 160 cm³/mol. The minimum Gasteiger partial charge on any atom is -0.474 e. The van der Waals surface area contributed by atoms with Crippen LogP contribution in [0.25, 0.3) is 22.2 Å². The summed E-state index contributed by atoms with van der Waals surface area (Å²) in [5.41, 5.74) is 5.51. The zero-order valence-electron chi connectivity index (χ0n) is 25.9. The molecule has 4 atom stereocenters. The summed E-state index contributed by atoms with van der Waals surface area (Å²) in [5, 5.41) is 2.95. The molecule has 1 aromatic carbocycles. The van der Waals surface area contributed by atoms with Crippen molar-refractivity contribution in [3.63, 3.8) is 0 Å². The summed E-state index contributed by atoms with van der Waals surface area (Å²) in [4.78, 5) is 13.9. The van der Waals surface area contributed by atoms with E-state index in [4.69, 9.17) is 20.9 Å². The van der Waals surface area contributed by atoms with Gasteiger partial charge >= 0.3 is 12.2 Å². The quantitative estimate of drug-likeness (QED) is 0.214. The summed E-state index contributed by atoms with van der Waals surface area (Å²) >= 11 is 0. The summed E-state index contributed by atoms with van der Waals surface area (Å²) in [6, 6.07) is 0.823. The number of nitrogens with zero attached hydrogens (tertiary/aromatic N) is 4. The third-order valence-electron chi connectivity index (χ3n) is 8.03. The molecule has 0 aliphatic carbocycles. The van der Waals surface area contributed by atoms with Gasteiger partial charge in [0.2, 0.25) is 5.88 Å². The third-order valence-corrected chi connectivity index (χ3v) is 8.03. The van der Waals surface area contributed by atoms with E-state index in [1.165, 1.54) is 20.0 Å². The number of methoxy groups -OCH3 is 1. The summed E-state index contributed by atoms with van der Waals surface area (Å²) in [6.45, 7) is 8.36. The SMILES string of the molecule is CC.COc1nc(N)c2c(OC(C)CC3CCN3)nc(-c3cc(N)c(F)c(F)c3C(F)(F)F)c(F)c2n1.FC1CC2CCCN2C1. The normalized spacial score (nSPS) is 21.4. The average molecular weight is 662 g/mol. The van der Waals surface area contributed by atoms with Crippen LogP contribution in [-0.2, 0) is 6.18 Å². The molecule has 0 radical (unpaired) electrons. The van der Waals surface area contributed by atoms with Gasteiger partial charge in [0.15, 0.2) is 17.5 Å². The van der Waals surface area contributed by atoms with Crippen LogP contribution >= 0.6 is 0 Å². The maximum atomic E-state index is 15.6. The van der Waals surface area contributed by atoms with E-state index in [1.54, 1.807) is 6.92 Å². The molecule has 6 rings (SSSR count). The third kappa shape index (κ3) is 7.32. The Balaban J connectivity index is 0.000000367. The Bertz CT molecular complexity index is 1530. The summed E-state index contributed by atoms with van der Waals surface area (Å²) in [6.07, 6.45) is -1.75. The number of fused-ring (bicyclic) bond motifs is 2. The molecule has 0 bridgehead atoms. The number of anilines is 2. The van der Waals surface area contributed by atoms with Crippen LogP contribution in [0.2, 0.25) is 0 Å². The molecule has 254 valence electrons. The number of nitrogens with two attached hydrogens (primary N) is 2. The number of hydrogen-bond donors (Lipinski definition) is 3. The first-order valence-corrected chi connectivity index (χ1v) is 15.1. The molecule has 3 aromatic rings. The molecule has 46 heavy (non-hydrogen) atoms. The standard InChI is InChI=1S/C21H20F6N6O2.C7H12FN.C2H6/c1-7(5-8-3-4-30-8)35-19-11-17(32-20(34-2)33-18(11)29)15(24)16(31-19)9-6-10(28)13(22)14(23)12(9)21(25,26)27;8-6-4-7-2-1-3-9(7)5-6;1-2/h6-8,30H,3-5,28H2,1-2H3,(H2,29,32,33);6-7H,1-5H2;1-2H3. The van der Waals surface area contributed by atoms with Gasteiger partial charge in [0.1, 0.15) is 34.1 Å². The molecule has 16 heteroatoms. The van der Waals surface area contributed by atoms with Gasteiger partial charge in [-0.05, 0) is 58.2 Å². The number of benzene rings is 1. The topological polar surface area (TPSA) is 124 Å². The molecule has 3 saturated heterocycles. The smallest absolute Gasteiger partial charge is 0.419 e. The molecule has 3 fully saturated rings. The number of halogens is 7. The fourth-order valence-electron chi connectivity index (χ4n) is 5.83. The maximum absolute atomic E-state index is 15.6. The number of ether oxygens (including phenoxy) is 2. The largest absolute Gasteiger partial charge is 0.474 e. The number of nitrogens with one attached hydrogen (secondary N) is 1. The number of hydrogen-bond acceptors (Lipinski definition) is 9. The molecule has 3 aliphatic rings. The van der Waals surface area contributed by atoms with Crippen LogP contribution in [0.1, 0.15) is 58.4 Å². The molecule has 4 unspecified atom stereocenters. The van der Waals surface area contributed by atoms with E-state index in [0.29, 0.717) is 25.1 Å². The minimum atomic E-state index is -5.41. The van der Waals surface area contributed by atoms with Gasteiger partial charge in [0.25, 0.3) is 0 Å². The maximum Gasteiger partial charge on any atom is 0.419 e. The Hall–Kier alpha value is -3.66. The van der Waals surface area contributed by atoms with Gasteiger partial charge in [-0.2, -0.15) is 23.1 Å². The zero-order valence-corrected chi connectivity index (χ0v) is 25.9. The second-order valence-corrected chi connectivity index (χ2v) is 11.1. The highest BCUT2D eigenvalue weighted by Crippen LogP contribution is 2.44. The number of pyridine rings is 1. The Morgan fingerprint density at radius 3 is 2.35 bits per heavy atom. The number of alkyl halides is 4. The molecule has 9 nitrogen and oxygen atoms in total. The van der Waals surface area contributed by atoms with Gasteiger partial charge in [-0.3, -0.25) is 4.90 Å². The highest BCUT2D eigenvalue weighted by Gasteiger charge is 2.41.